The van der Waals surface area contributed by atoms with Gasteiger partial charge in [-0.1, -0.05) is 22.4 Å². The molecular weight excluding hydrogens is 313 g/mol. The topological polar surface area (TPSA) is 40.5 Å². The second-order valence-electron chi connectivity index (χ2n) is 5.35. The third-order valence-corrected chi connectivity index (χ3v) is 4.46. The zero-order valence-corrected chi connectivity index (χ0v) is 12.6. The minimum Gasteiger partial charge on any atom is -0.481 e. The molecule has 1 aliphatic rings. The van der Waals surface area contributed by atoms with Crippen LogP contribution in [0, 0.1) is 11.2 Å². The van der Waals surface area contributed by atoms with Gasteiger partial charge in [0.05, 0.1) is 11.5 Å². The molecule has 3 nitrogen and oxygen atoms in total. The summed E-state index contributed by atoms with van der Waals surface area (Å²) in [6, 6.07) is 4.24. The van der Waals surface area contributed by atoms with Crippen molar-refractivity contribution >= 4 is 21.9 Å². The van der Waals surface area contributed by atoms with Gasteiger partial charge in [-0.25, -0.2) is 4.39 Å². The van der Waals surface area contributed by atoms with Crippen LogP contribution in [0.4, 0.5) is 4.39 Å². The molecule has 1 aromatic rings. The quantitative estimate of drug-likeness (QED) is 0.919. The van der Waals surface area contributed by atoms with Crippen LogP contribution in [0.1, 0.15) is 30.9 Å². The molecule has 1 unspecified atom stereocenters. The minimum absolute atomic E-state index is 0.352. The lowest BCUT2D eigenvalue weighted by Gasteiger charge is -2.47. The van der Waals surface area contributed by atoms with Crippen LogP contribution in [0.2, 0.25) is 0 Å². The summed E-state index contributed by atoms with van der Waals surface area (Å²) in [5, 5.41) is 9.56. The molecule has 19 heavy (non-hydrogen) atoms. The van der Waals surface area contributed by atoms with E-state index >= 15 is 0 Å². The highest BCUT2D eigenvalue weighted by Crippen LogP contribution is 2.53. The Hall–Kier alpha value is -0.940. The first-order valence-electron chi connectivity index (χ1n) is 6.23. The summed E-state index contributed by atoms with van der Waals surface area (Å²) >= 11 is 3.32. The first-order chi connectivity index (χ1) is 8.88. The van der Waals surface area contributed by atoms with E-state index in [1.54, 1.807) is 31.1 Å². The van der Waals surface area contributed by atoms with E-state index in [1.807, 2.05) is 0 Å². The van der Waals surface area contributed by atoms with E-state index in [-0.39, 0.29) is 5.82 Å². The van der Waals surface area contributed by atoms with Crippen LogP contribution in [0.5, 0.6) is 0 Å². The minimum atomic E-state index is -0.870. The number of benzene rings is 1. The van der Waals surface area contributed by atoms with Crippen LogP contribution in [-0.2, 0) is 4.79 Å². The van der Waals surface area contributed by atoms with Crippen molar-refractivity contribution in [2.75, 3.05) is 14.1 Å². The monoisotopic (exact) mass is 329 g/mol. The average Bonchev–Trinajstić information content (AvgIpc) is 2.26. The number of halogens is 2. The summed E-state index contributed by atoms with van der Waals surface area (Å²) in [4.78, 5) is 13.5. The van der Waals surface area contributed by atoms with Gasteiger partial charge in [0, 0.05) is 10.0 Å². The number of aliphatic carboxylic acids is 1. The van der Waals surface area contributed by atoms with Gasteiger partial charge in [-0.2, -0.15) is 0 Å². The van der Waals surface area contributed by atoms with Crippen LogP contribution >= 0.6 is 15.9 Å². The van der Waals surface area contributed by atoms with Crippen LogP contribution < -0.4 is 0 Å². The van der Waals surface area contributed by atoms with Crippen molar-refractivity contribution < 1.29 is 14.3 Å². The Morgan fingerprint density at radius 1 is 1.47 bits per heavy atom. The smallest absolute Gasteiger partial charge is 0.311 e. The molecule has 0 saturated heterocycles. The molecule has 5 heteroatoms. The molecule has 0 aliphatic heterocycles. The molecule has 0 spiro atoms. The molecule has 1 atom stereocenters. The SMILES string of the molecule is CN(C)C(c1cc(Br)ccc1F)C1(C(=O)O)CCC1. The van der Waals surface area contributed by atoms with E-state index in [1.165, 1.54) is 6.07 Å². The predicted molar refractivity (Wildman–Crippen MR) is 74.4 cm³/mol. The van der Waals surface area contributed by atoms with Crippen molar-refractivity contribution in [2.24, 2.45) is 5.41 Å². The van der Waals surface area contributed by atoms with E-state index in [2.05, 4.69) is 15.9 Å². The standard InChI is InChI=1S/C14H17BrFNO2/c1-17(2)12(14(13(18)19)6-3-7-14)10-8-9(15)4-5-11(10)16/h4-5,8,12H,3,6-7H2,1-2H3,(H,18,19). The zero-order chi connectivity index (χ0) is 14.2. The first kappa shape index (κ1) is 14.5. The molecule has 1 aromatic carbocycles. The molecule has 104 valence electrons. The van der Waals surface area contributed by atoms with Gasteiger partial charge in [-0.05, 0) is 45.1 Å². The number of rotatable bonds is 4. The maximum absolute atomic E-state index is 14.1. The molecule has 0 heterocycles. The van der Waals surface area contributed by atoms with Gasteiger partial charge >= 0.3 is 5.97 Å². The van der Waals surface area contributed by atoms with Crippen molar-refractivity contribution in [1.82, 2.24) is 4.90 Å². The van der Waals surface area contributed by atoms with E-state index in [0.29, 0.717) is 18.4 Å². The number of hydrogen-bond acceptors (Lipinski definition) is 2. The van der Waals surface area contributed by atoms with E-state index in [9.17, 15) is 14.3 Å². The summed E-state index contributed by atoms with van der Waals surface area (Å²) < 4.78 is 14.9. The molecule has 1 fully saturated rings. The molecule has 0 aromatic heterocycles. The predicted octanol–water partition coefficient (Wildman–Crippen LogP) is 3.45. The lowest BCUT2D eigenvalue weighted by molar-refractivity contribution is -0.161. The van der Waals surface area contributed by atoms with E-state index in [0.717, 1.165) is 10.9 Å². The third-order valence-electron chi connectivity index (χ3n) is 3.96. The lowest BCUT2D eigenvalue weighted by atomic mass is 9.62. The Kier molecular flexibility index (Phi) is 3.97. The number of carboxylic acid groups (broad SMARTS) is 1. The lowest BCUT2D eigenvalue weighted by Crippen LogP contribution is -2.48. The van der Waals surface area contributed by atoms with Crippen molar-refractivity contribution in [3.05, 3.63) is 34.1 Å². The maximum Gasteiger partial charge on any atom is 0.311 e. The summed E-state index contributed by atoms with van der Waals surface area (Å²) in [5.41, 5.74) is -0.424. The average molecular weight is 330 g/mol. The summed E-state index contributed by atoms with van der Waals surface area (Å²) in [5.74, 6) is -1.19. The second-order valence-corrected chi connectivity index (χ2v) is 6.26. The van der Waals surface area contributed by atoms with Gasteiger partial charge in [0.25, 0.3) is 0 Å². The highest BCUT2D eigenvalue weighted by Gasteiger charge is 2.52. The highest BCUT2D eigenvalue weighted by molar-refractivity contribution is 9.10. The van der Waals surface area contributed by atoms with Gasteiger partial charge in [0.2, 0.25) is 0 Å². The zero-order valence-electron chi connectivity index (χ0n) is 11.0. The fourth-order valence-electron chi connectivity index (χ4n) is 2.96. The Morgan fingerprint density at radius 2 is 2.11 bits per heavy atom. The van der Waals surface area contributed by atoms with Crippen LogP contribution in [-0.4, -0.2) is 30.1 Å². The van der Waals surface area contributed by atoms with Crippen LogP contribution in [0.25, 0.3) is 0 Å². The largest absolute Gasteiger partial charge is 0.481 e. The molecular formula is C14H17BrFNO2. The first-order valence-corrected chi connectivity index (χ1v) is 7.02. The summed E-state index contributed by atoms with van der Waals surface area (Å²) in [6.45, 7) is 0. The Morgan fingerprint density at radius 3 is 2.53 bits per heavy atom. The van der Waals surface area contributed by atoms with Gasteiger partial charge in [-0.3, -0.25) is 4.79 Å². The summed E-state index contributed by atoms with van der Waals surface area (Å²) in [6.07, 6.45) is 2.07. The van der Waals surface area contributed by atoms with Gasteiger partial charge in [0.1, 0.15) is 5.82 Å². The fourth-order valence-corrected chi connectivity index (χ4v) is 3.33. The highest BCUT2D eigenvalue weighted by atomic mass is 79.9. The van der Waals surface area contributed by atoms with E-state index < -0.39 is 17.4 Å². The fraction of sp³-hybridized carbons (Fsp3) is 0.500. The van der Waals surface area contributed by atoms with Crippen molar-refractivity contribution in [1.29, 1.82) is 0 Å². The summed E-state index contributed by atoms with van der Waals surface area (Å²) in [7, 11) is 3.60. The molecule has 2 rings (SSSR count). The van der Waals surface area contributed by atoms with Crippen molar-refractivity contribution in [3.63, 3.8) is 0 Å². The van der Waals surface area contributed by atoms with Gasteiger partial charge in [0.15, 0.2) is 0 Å². The van der Waals surface area contributed by atoms with Crippen LogP contribution in [0.3, 0.4) is 0 Å². The van der Waals surface area contributed by atoms with Crippen LogP contribution in [0.15, 0.2) is 22.7 Å². The molecule has 1 aliphatic carbocycles. The number of hydrogen-bond donors (Lipinski definition) is 1. The molecule has 1 saturated carbocycles. The Bertz CT molecular complexity index is 500. The second kappa shape index (κ2) is 5.21. The Labute approximate surface area is 120 Å². The Balaban J connectivity index is 2.52. The normalized spacial score (nSPS) is 19.0. The number of nitrogens with zero attached hydrogens (tertiary/aromatic N) is 1. The van der Waals surface area contributed by atoms with E-state index in [4.69, 9.17) is 0 Å². The molecule has 1 N–H and O–H groups in total. The van der Waals surface area contributed by atoms with Gasteiger partial charge < -0.3 is 10.0 Å². The molecule has 0 radical (unpaired) electrons. The number of carbonyl (C=O) groups is 1. The van der Waals surface area contributed by atoms with Gasteiger partial charge in [-0.15, -0.1) is 0 Å². The van der Waals surface area contributed by atoms with Crippen molar-refractivity contribution in [2.45, 2.75) is 25.3 Å². The third kappa shape index (κ3) is 2.41. The molecule has 0 amide bonds. The van der Waals surface area contributed by atoms with Crippen molar-refractivity contribution in [3.8, 4) is 0 Å². The molecule has 0 bridgehead atoms. The number of carboxylic acids is 1. The maximum atomic E-state index is 14.1.